The smallest absolute Gasteiger partial charge is 0.465 e. The summed E-state index contributed by atoms with van der Waals surface area (Å²) in [7, 11) is 0.481. The van der Waals surface area contributed by atoms with Gasteiger partial charge < -0.3 is 14.0 Å². The standard InChI is InChI=1S/C15H20BFO4/c1-9-11(17)8-7-10(13(18)19-6)12(9)16-20-14(2,3)15(4,5)21-16/h7-8H,1-6H3. The molecule has 0 aliphatic carbocycles. The lowest BCUT2D eigenvalue weighted by atomic mass is 9.73. The SMILES string of the molecule is COC(=O)c1ccc(F)c(C)c1B1OC(C)(C)C(C)(C)O1. The largest absolute Gasteiger partial charge is 0.496 e. The van der Waals surface area contributed by atoms with Crippen molar-refractivity contribution >= 4 is 18.6 Å². The first-order valence-corrected chi connectivity index (χ1v) is 6.83. The summed E-state index contributed by atoms with van der Waals surface area (Å²) in [5.41, 5.74) is -0.153. The number of halogens is 1. The zero-order valence-corrected chi connectivity index (χ0v) is 13.2. The van der Waals surface area contributed by atoms with E-state index in [1.807, 2.05) is 27.7 Å². The third kappa shape index (κ3) is 2.58. The van der Waals surface area contributed by atoms with Gasteiger partial charge in [-0.2, -0.15) is 0 Å². The maximum atomic E-state index is 13.9. The third-order valence-corrected chi connectivity index (χ3v) is 4.34. The van der Waals surface area contributed by atoms with Crippen LogP contribution in [0.15, 0.2) is 12.1 Å². The predicted octanol–water partition coefficient (Wildman–Crippen LogP) is 2.22. The Morgan fingerprint density at radius 3 is 2.19 bits per heavy atom. The normalized spacial score (nSPS) is 19.7. The summed E-state index contributed by atoms with van der Waals surface area (Å²) in [5.74, 6) is -0.949. The molecule has 1 aromatic carbocycles. The van der Waals surface area contributed by atoms with E-state index in [0.29, 0.717) is 11.0 Å². The van der Waals surface area contributed by atoms with Crippen LogP contribution in [0.25, 0.3) is 0 Å². The second-order valence-electron chi connectivity index (χ2n) is 6.21. The van der Waals surface area contributed by atoms with E-state index < -0.39 is 30.1 Å². The average molecular weight is 294 g/mol. The van der Waals surface area contributed by atoms with Gasteiger partial charge in [0.1, 0.15) is 5.82 Å². The lowest BCUT2D eigenvalue weighted by Crippen LogP contribution is -2.41. The summed E-state index contributed by atoms with van der Waals surface area (Å²) < 4.78 is 30.5. The van der Waals surface area contributed by atoms with Gasteiger partial charge in [0.05, 0.1) is 23.9 Å². The van der Waals surface area contributed by atoms with E-state index in [-0.39, 0.29) is 5.56 Å². The Balaban J connectivity index is 2.54. The summed E-state index contributed by atoms with van der Waals surface area (Å²) in [5, 5.41) is 0. The van der Waals surface area contributed by atoms with Gasteiger partial charge in [0.25, 0.3) is 0 Å². The molecule has 0 spiro atoms. The van der Waals surface area contributed by atoms with Gasteiger partial charge in [0, 0.05) is 5.46 Å². The zero-order valence-electron chi connectivity index (χ0n) is 13.2. The molecule has 0 saturated carbocycles. The van der Waals surface area contributed by atoms with Crippen LogP contribution in [0.2, 0.25) is 0 Å². The fourth-order valence-electron chi connectivity index (χ4n) is 2.25. The molecule has 0 bridgehead atoms. The summed E-state index contributed by atoms with van der Waals surface area (Å²) in [6.07, 6.45) is 0. The van der Waals surface area contributed by atoms with Crippen LogP contribution in [0.3, 0.4) is 0 Å². The van der Waals surface area contributed by atoms with E-state index >= 15 is 0 Å². The predicted molar refractivity (Wildman–Crippen MR) is 78.2 cm³/mol. The molecule has 0 aromatic heterocycles. The molecule has 2 rings (SSSR count). The van der Waals surface area contributed by atoms with Crippen LogP contribution >= 0.6 is 0 Å². The number of rotatable bonds is 2. The molecule has 21 heavy (non-hydrogen) atoms. The molecule has 114 valence electrons. The monoisotopic (exact) mass is 294 g/mol. The van der Waals surface area contributed by atoms with Gasteiger partial charge in [-0.3, -0.25) is 0 Å². The fraction of sp³-hybridized carbons (Fsp3) is 0.533. The third-order valence-electron chi connectivity index (χ3n) is 4.34. The summed E-state index contributed by atoms with van der Waals surface area (Å²) >= 11 is 0. The van der Waals surface area contributed by atoms with Gasteiger partial charge >= 0.3 is 13.1 Å². The van der Waals surface area contributed by atoms with E-state index in [2.05, 4.69) is 0 Å². The molecule has 0 N–H and O–H groups in total. The Kier molecular flexibility index (Phi) is 3.89. The molecule has 1 aromatic rings. The molecule has 1 fully saturated rings. The molecule has 0 unspecified atom stereocenters. The lowest BCUT2D eigenvalue weighted by Gasteiger charge is -2.32. The van der Waals surface area contributed by atoms with Crippen molar-refractivity contribution in [3.63, 3.8) is 0 Å². The van der Waals surface area contributed by atoms with Crippen LogP contribution in [-0.2, 0) is 14.0 Å². The van der Waals surface area contributed by atoms with E-state index in [9.17, 15) is 9.18 Å². The molecular formula is C15H20BFO4. The van der Waals surface area contributed by atoms with Crippen molar-refractivity contribution in [2.45, 2.75) is 45.8 Å². The maximum absolute atomic E-state index is 13.9. The number of carbonyl (C=O) groups excluding carboxylic acids is 1. The summed E-state index contributed by atoms with van der Waals surface area (Å²) in [6, 6.07) is 2.64. The first kappa shape index (κ1) is 16.0. The van der Waals surface area contributed by atoms with Crippen LogP contribution in [0.4, 0.5) is 4.39 Å². The van der Waals surface area contributed by atoms with Gasteiger partial charge in [0.15, 0.2) is 0 Å². The highest BCUT2D eigenvalue weighted by molar-refractivity contribution is 6.64. The minimum Gasteiger partial charge on any atom is -0.465 e. The minimum absolute atomic E-state index is 0.259. The maximum Gasteiger partial charge on any atom is 0.496 e. The lowest BCUT2D eigenvalue weighted by molar-refractivity contribution is 0.00578. The van der Waals surface area contributed by atoms with Crippen molar-refractivity contribution in [1.29, 1.82) is 0 Å². The van der Waals surface area contributed by atoms with Gasteiger partial charge in [-0.05, 0) is 52.3 Å². The topological polar surface area (TPSA) is 44.8 Å². The second kappa shape index (κ2) is 5.11. The molecule has 0 amide bonds. The molecule has 1 aliphatic heterocycles. The van der Waals surface area contributed by atoms with E-state index in [1.165, 1.54) is 19.2 Å². The van der Waals surface area contributed by atoms with Crippen molar-refractivity contribution in [3.05, 3.63) is 29.1 Å². The van der Waals surface area contributed by atoms with Crippen molar-refractivity contribution in [2.24, 2.45) is 0 Å². The van der Waals surface area contributed by atoms with Crippen molar-refractivity contribution in [2.75, 3.05) is 7.11 Å². The van der Waals surface area contributed by atoms with Gasteiger partial charge in [-0.15, -0.1) is 0 Å². The van der Waals surface area contributed by atoms with Crippen LogP contribution in [-0.4, -0.2) is 31.4 Å². The van der Waals surface area contributed by atoms with Crippen LogP contribution in [0.5, 0.6) is 0 Å². The van der Waals surface area contributed by atoms with Gasteiger partial charge in [-0.25, -0.2) is 9.18 Å². The molecular weight excluding hydrogens is 274 g/mol. The Morgan fingerprint density at radius 1 is 1.19 bits per heavy atom. The highest BCUT2D eigenvalue weighted by Gasteiger charge is 2.53. The summed E-state index contributed by atoms with van der Waals surface area (Å²) in [6.45, 7) is 9.21. The van der Waals surface area contributed by atoms with Crippen LogP contribution < -0.4 is 5.46 Å². The average Bonchev–Trinajstić information content (AvgIpc) is 2.60. The van der Waals surface area contributed by atoms with Crippen LogP contribution in [0.1, 0.15) is 43.6 Å². The number of esters is 1. The summed E-state index contributed by atoms with van der Waals surface area (Å²) in [4.78, 5) is 11.9. The molecule has 4 nitrogen and oxygen atoms in total. The van der Waals surface area contributed by atoms with Crippen molar-refractivity contribution in [3.8, 4) is 0 Å². The Hall–Kier alpha value is -1.40. The number of ether oxygens (including phenoxy) is 1. The first-order chi connectivity index (χ1) is 9.60. The number of benzene rings is 1. The number of hydrogen-bond donors (Lipinski definition) is 0. The molecule has 0 atom stereocenters. The van der Waals surface area contributed by atoms with Crippen molar-refractivity contribution in [1.82, 2.24) is 0 Å². The minimum atomic E-state index is -0.806. The molecule has 0 radical (unpaired) electrons. The van der Waals surface area contributed by atoms with E-state index in [4.69, 9.17) is 14.0 Å². The number of methoxy groups -OCH3 is 1. The molecule has 1 aliphatic rings. The van der Waals surface area contributed by atoms with Crippen molar-refractivity contribution < 1.29 is 23.2 Å². The highest BCUT2D eigenvalue weighted by atomic mass is 19.1. The molecule has 1 heterocycles. The Bertz CT molecular complexity index is 567. The van der Waals surface area contributed by atoms with Gasteiger partial charge in [0.2, 0.25) is 0 Å². The molecule has 1 saturated heterocycles. The number of hydrogen-bond acceptors (Lipinski definition) is 4. The quantitative estimate of drug-likeness (QED) is 0.620. The highest BCUT2D eigenvalue weighted by Crippen LogP contribution is 2.37. The Morgan fingerprint density at radius 2 is 1.71 bits per heavy atom. The van der Waals surface area contributed by atoms with Crippen LogP contribution in [0, 0.1) is 12.7 Å². The fourth-order valence-corrected chi connectivity index (χ4v) is 2.25. The second-order valence-corrected chi connectivity index (χ2v) is 6.21. The Labute approximate surface area is 124 Å². The molecule has 6 heteroatoms. The first-order valence-electron chi connectivity index (χ1n) is 6.83. The van der Waals surface area contributed by atoms with Gasteiger partial charge in [-0.1, -0.05) is 0 Å². The number of carbonyl (C=O) groups is 1. The van der Waals surface area contributed by atoms with E-state index in [1.54, 1.807) is 6.92 Å². The zero-order chi connectivity index (χ0) is 16.0. The van der Waals surface area contributed by atoms with E-state index in [0.717, 1.165) is 0 Å².